The van der Waals surface area contributed by atoms with Gasteiger partial charge in [0.05, 0.1) is 23.5 Å². The Balaban J connectivity index is 2.67. The SMILES string of the molecule is CCn1c(CC#N)nc2ccccc21. The number of hydrogen-bond donors (Lipinski definition) is 0. The number of imidazole rings is 1. The number of para-hydroxylation sites is 2. The van der Waals surface area contributed by atoms with Crippen LogP contribution in [0.4, 0.5) is 0 Å². The normalized spacial score (nSPS) is 10.3. The molecule has 2 aromatic rings. The van der Waals surface area contributed by atoms with Crippen LogP contribution < -0.4 is 0 Å². The van der Waals surface area contributed by atoms with Gasteiger partial charge in [-0.2, -0.15) is 5.26 Å². The molecule has 0 unspecified atom stereocenters. The number of benzene rings is 1. The molecule has 0 bridgehead atoms. The molecule has 1 aromatic heterocycles. The highest BCUT2D eigenvalue weighted by atomic mass is 15.1. The molecule has 0 aliphatic heterocycles. The van der Waals surface area contributed by atoms with E-state index in [4.69, 9.17) is 5.26 Å². The van der Waals surface area contributed by atoms with Crippen molar-refractivity contribution < 1.29 is 0 Å². The van der Waals surface area contributed by atoms with Crippen molar-refractivity contribution in [2.75, 3.05) is 0 Å². The molecule has 0 amide bonds. The third-order valence-electron chi connectivity index (χ3n) is 2.29. The predicted molar refractivity (Wildman–Crippen MR) is 54.7 cm³/mol. The molecule has 3 nitrogen and oxygen atoms in total. The molecule has 1 aromatic carbocycles. The Morgan fingerprint density at radius 3 is 2.93 bits per heavy atom. The van der Waals surface area contributed by atoms with E-state index in [1.807, 2.05) is 24.3 Å². The Hall–Kier alpha value is -1.82. The summed E-state index contributed by atoms with van der Waals surface area (Å²) in [7, 11) is 0. The summed E-state index contributed by atoms with van der Waals surface area (Å²) >= 11 is 0. The summed E-state index contributed by atoms with van der Waals surface area (Å²) in [6.07, 6.45) is 0.377. The number of hydrogen-bond acceptors (Lipinski definition) is 2. The van der Waals surface area contributed by atoms with Crippen molar-refractivity contribution in [3.05, 3.63) is 30.1 Å². The van der Waals surface area contributed by atoms with Crippen molar-refractivity contribution in [2.45, 2.75) is 19.9 Å². The maximum atomic E-state index is 8.66. The Kier molecular flexibility index (Phi) is 2.19. The van der Waals surface area contributed by atoms with E-state index in [1.54, 1.807) is 0 Å². The monoisotopic (exact) mass is 185 g/mol. The van der Waals surface area contributed by atoms with Crippen LogP contribution in [0.25, 0.3) is 11.0 Å². The first-order chi connectivity index (χ1) is 6.86. The topological polar surface area (TPSA) is 41.6 Å². The van der Waals surface area contributed by atoms with Crippen molar-refractivity contribution in [1.82, 2.24) is 9.55 Å². The van der Waals surface area contributed by atoms with Gasteiger partial charge in [-0.15, -0.1) is 0 Å². The van der Waals surface area contributed by atoms with E-state index in [2.05, 4.69) is 22.5 Å². The van der Waals surface area contributed by atoms with Crippen molar-refractivity contribution in [3.8, 4) is 6.07 Å². The zero-order valence-corrected chi connectivity index (χ0v) is 8.07. The Morgan fingerprint density at radius 1 is 1.43 bits per heavy atom. The van der Waals surface area contributed by atoms with E-state index < -0.39 is 0 Å². The van der Waals surface area contributed by atoms with Gasteiger partial charge in [0.15, 0.2) is 0 Å². The van der Waals surface area contributed by atoms with Crippen LogP contribution in [0.2, 0.25) is 0 Å². The van der Waals surface area contributed by atoms with Crippen LogP contribution in [-0.4, -0.2) is 9.55 Å². The fourth-order valence-corrected chi connectivity index (χ4v) is 1.68. The highest BCUT2D eigenvalue weighted by molar-refractivity contribution is 5.75. The second-order valence-electron chi connectivity index (χ2n) is 3.10. The van der Waals surface area contributed by atoms with Crippen LogP contribution in [0.1, 0.15) is 12.7 Å². The molecule has 0 atom stereocenters. The highest BCUT2D eigenvalue weighted by Crippen LogP contribution is 2.15. The molecule has 3 heteroatoms. The number of aromatic nitrogens is 2. The standard InChI is InChI=1S/C11H11N3/c1-2-14-10-6-4-3-5-9(10)13-11(14)7-8-12/h3-6H,2,7H2,1H3. The molecule has 1 heterocycles. The lowest BCUT2D eigenvalue weighted by Gasteiger charge is -2.01. The summed E-state index contributed by atoms with van der Waals surface area (Å²) in [6, 6.07) is 10.1. The molecule has 70 valence electrons. The zero-order valence-electron chi connectivity index (χ0n) is 8.07. The van der Waals surface area contributed by atoms with Gasteiger partial charge < -0.3 is 4.57 Å². The van der Waals surface area contributed by atoms with E-state index in [0.717, 1.165) is 23.4 Å². The average Bonchev–Trinajstić information content (AvgIpc) is 2.55. The van der Waals surface area contributed by atoms with Crippen LogP contribution in [0.15, 0.2) is 24.3 Å². The second kappa shape index (κ2) is 3.51. The first-order valence-electron chi connectivity index (χ1n) is 4.68. The van der Waals surface area contributed by atoms with Crippen LogP contribution >= 0.6 is 0 Å². The van der Waals surface area contributed by atoms with Gasteiger partial charge in [-0.1, -0.05) is 12.1 Å². The van der Waals surface area contributed by atoms with E-state index in [9.17, 15) is 0 Å². The van der Waals surface area contributed by atoms with Gasteiger partial charge in [0.1, 0.15) is 5.82 Å². The Bertz CT molecular complexity index is 491. The van der Waals surface area contributed by atoms with Gasteiger partial charge >= 0.3 is 0 Å². The summed E-state index contributed by atoms with van der Waals surface area (Å²) in [5.74, 6) is 0.858. The fraction of sp³-hybridized carbons (Fsp3) is 0.273. The molecule has 0 saturated carbocycles. The third kappa shape index (κ3) is 1.25. The van der Waals surface area contributed by atoms with Crippen LogP contribution in [0.5, 0.6) is 0 Å². The molecule has 0 fully saturated rings. The van der Waals surface area contributed by atoms with Gasteiger partial charge in [0.2, 0.25) is 0 Å². The smallest absolute Gasteiger partial charge is 0.124 e. The van der Waals surface area contributed by atoms with Crippen LogP contribution in [0.3, 0.4) is 0 Å². The molecule has 0 aliphatic carbocycles. The maximum Gasteiger partial charge on any atom is 0.124 e. The average molecular weight is 185 g/mol. The van der Waals surface area contributed by atoms with Crippen LogP contribution in [-0.2, 0) is 13.0 Å². The van der Waals surface area contributed by atoms with Crippen molar-refractivity contribution >= 4 is 11.0 Å². The summed E-state index contributed by atoms with van der Waals surface area (Å²) in [5.41, 5.74) is 2.08. The Morgan fingerprint density at radius 2 is 2.21 bits per heavy atom. The van der Waals surface area contributed by atoms with Gasteiger partial charge in [-0.05, 0) is 19.1 Å². The molecule has 2 rings (SSSR count). The lowest BCUT2D eigenvalue weighted by molar-refractivity contribution is 0.739. The van der Waals surface area contributed by atoms with E-state index in [-0.39, 0.29) is 0 Å². The number of rotatable bonds is 2. The first-order valence-corrected chi connectivity index (χ1v) is 4.68. The van der Waals surface area contributed by atoms with Crippen molar-refractivity contribution in [1.29, 1.82) is 5.26 Å². The van der Waals surface area contributed by atoms with Gasteiger partial charge in [0, 0.05) is 6.54 Å². The lowest BCUT2D eigenvalue weighted by Crippen LogP contribution is -2.00. The fourth-order valence-electron chi connectivity index (χ4n) is 1.68. The second-order valence-corrected chi connectivity index (χ2v) is 3.10. The summed E-state index contributed by atoms with van der Waals surface area (Å²) in [6.45, 7) is 2.92. The number of fused-ring (bicyclic) bond motifs is 1. The number of nitrogens with zero attached hydrogens (tertiary/aromatic N) is 3. The van der Waals surface area contributed by atoms with Crippen LogP contribution in [0, 0.1) is 11.3 Å². The molecule has 0 N–H and O–H groups in total. The summed E-state index contributed by atoms with van der Waals surface area (Å²) < 4.78 is 2.08. The number of aryl methyl sites for hydroxylation is 1. The summed E-state index contributed by atoms with van der Waals surface area (Å²) in [5, 5.41) is 8.66. The predicted octanol–water partition coefficient (Wildman–Crippen LogP) is 2.12. The molecule has 0 saturated heterocycles. The minimum Gasteiger partial charge on any atom is -0.327 e. The Labute approximate surface area is 82.6 Å². The molecular weight excluding hydrogens is 174 g/mol. The minimum absolute atomic E-state index is 0.377. The summed E-state index contributed by atoms with van der Waals surface area (Å²) in [4.78, 5) is 4.41. The quantitative estimate of drug-likeness (QED) is 0.719. The lowest BCUT2D eigenvalue weighted by atomic mass is 10.3. The molecule has 0 aliphatic rings. The van der Waals surface area contributed by atoms with E-state index >= 15 is 0 Å². The molecule has 14 heavy (non-hydrogen) atoms. The van der Waals surface area contributed by atoms with E-state index in [1.165, 1.54) is 0 Å². The van der Waals surface area contributed by atoms with Crippen molar-refractivity contribution in [3.63, 3.8) is 0 Å². The van der Waals surface area contributed by atoms with Crippen molar-refractivity contribution in [2.24, 2.45) is 0 Å². The largest absolute Gasteiger partial charge is 0.327 e. The van der Waals surface area contributed by atoms with Gasteiger partial charge in [-0.3, -0.25) is 0 Å². The van der Waals surface area contributed by atoms with Gasteiger partial charge in [-0.25, -0.2) is 4.98 Å². The minimum atomic E-state index is 0.377. The first kappa shape index (κ1) is 8.76. The third-order valence-corrected chi connectivity index (χ3v) is 2.29. The van der Waals surface area contributed by atoms with Gasteiger partial charge in [0.25, 0.3) is 0 Å². The van der Waals surface area contributed by atoms with E-state index in [0.29, 0.717) is 6.42 Å². The molecule has 0 spiro atoms. The maximum absolute atomic E-state index is 8.66. The molecular formula is C11H11N3. The number of nitriles is 1. The highest BCUT2D eigenvalue weighted by Gasteiger charge is 2.07. The zero-order chi connectivity index (χ0) is 9.97. The molecule has 0 radical (unpaired) electrons.